The van der Waals surface area contributed by atoms with Crippen LogP contribution in [0.2, 0.25) is 0 Å². The summed E-state index contributed by atoms with van der Waals surface area (Å²) in [5, 5.41) is 28.2. The molecule has 0 saturated carbocycles. The molecule has 0 aliphatic carbocycles. The van der Waals surface area contributed by atoms with E-state index in [1.807, 2.05) is 0 Å². The average Bonchev–Trinajstić information content (AvgIpc) is 2.47. The van der Waals surface area contributed by atoms with Crippen molar-refractivity contribution < 1.29 is 48.1 Å². The number of phosphoric ester groups is 1. The van der Waals surface area contributed by atoms with Gasteiger partial charge in [0.05, 0.1) is 19.8 Å². The van der Waals surface area contributed by atoms with Gasteiger partial charge in [0.15, 0.2) is 0 Å². The van der Waals surface area contributed by atoms with Gasteiger partial charge in [0.2, 0.25) is 0 Å². The summed E-state index contributed by atoms with van der Waals surface area (Å²) in [6.45, 7) is 4.10. The Bertz CT molecular complexity index is 413. The maximum atomic E-state index is 11.5. The van der Waals surface area contributed by atoms with Crippen LogP contribution in [0.1, 0.15) is 12.8 Å². The third-order valence-corrected chi connectivity index (χ3v) is 3.12. The van der Waals surface area contributed by atoms with Gasteiger partial charge in [-0.15, -0.1) is 0 Å². The van der Waals surface area contributed by atoms with Crippen LogP contribution in [0.5, 0.6) is 0 Å². The Morgan fingerprint density at radius 2 is 1.91 bits per heavy atom. The van der Waals surface area contributed by atoms with Crippen molar-refractivity contribution in [2.75, 3.05) is 26.4 Å². The number of carbonyl (C=O) groups excluding carboxylic acids is 1. The Morgan fingerprint density at radius 3 is 2.43 bits per heavy atom. The summed E-state index contributed by atoms with van der Waals surface area (Å²) in [6, 6.07) is 0. The summed E-state index contributed by atoms with van der Waals surface area (Å²) < 4.78 is 30.0. The lowest BCUT2D eigenvalue weighted by molar-refractivity contribution is -0.358. The van der Waals surface area contributed by atoms with Crippen molar-refractivity contribution in [1.82, 2.24) is 0 Å². The van der Waals surface area contributed by atoms with Gasteiger partial charge in [-0.05, 0) is 0 Å². The topological polar surface area (TPSA) is 155 Å². The molecular formula is C12H21O10P-2. The van der Waals surface area contributed by atoms with Crippen molar-refractivity contribution in [2.45, 2.75) is 25.0 Å². The van der Waals surface area contributed by atoms with Gasteiger partial charge in [-0.1, -0.05) is 6.58 Å². The first-order valence-electron chi connectivity index (χ1n) is 6.58. The van der Waals surface area contributed by atoms with E-state index in [1.54, 1.807) is 0 Å². The molecule has 0 heterocycles. The lowest BCUT2D eigenvalue weighted by atomic mass is 10.3. The Morgan fingerprint density at radius 1 is 1.30 bits per heavy atom. The molecule has 0 aromatic carbocycles. The van der Waals surface area contributed by atoms with Gasteiger partial charge in [0, 0.05) is 19.0 Å². The highest BCUT2D eigenvalue weighted by Crippen LogP contribution is 2.43. The summed E-state index contributed by atoms with van der Waals surface area (Å²) in [6.07, 6.45) is -2.21. The second-order valence-corrected chi connectivity index (χ2v) is 5.75. The van der Waals surface area contributed by atoms with Gasteiger partial charge < -0.3 is 36.6 Å². The molecule has 0 bridgehead atoms. The monoisotopic (exact) mass is 356 g/mol. The summed E-state index contributed by atoms with van der Waals surface area (Å²) in [5.74, 6) is -1.53. The molecule has 0 aromatic heterocycles. The fourth-order valence-corrected chi connectivity index (χ4v) is 1.93. The molecule has 0 saturated heterocycles. The molecule has 1 unspecified atom stereocenters. The molecule has 0 aliphatic heterocycles. The third-order valence-electron chi connectivity index (χ3n) is 2.17. The van der Waals surface area contributed by atoms with Crippen molar-refractivity contribution in [3.63, 3.8) is 0 Å². The van der Waals surface area contributed by atoms with E-state index in [9.17, 15) is 19.4 Å². The molecule has 3 atom stereocenters. The number of carbonyl (C=O) groups is 1. The Kier molecular flexibility index (Phi) is 10.8. The van der Waals surface area contributed by atoms with E-state index in [0.717, 1.165) is 0 Å². The maximum Gasteiger partial charge on any atom is 0.472 e. The summed E-state index contributed by atoms with van der Waals surface area (Å²) in [7, 11) is -4.55. The second kappa shape index (κ2) is 11.4. The van der Waals surface area contributed by atoms with Crippen LogP contribution in [0.25, 0.3) is 0 Å². The zero-order valence-electron chi connectivity index (χ0n) is 12.5. The van der Waals surface area contributed by atoms with Crippen molar-refractivity contribution in [3.8, 4) is 0 Å². The van der Waals surface area contributed by atoms with Gasteiger partial charge in [0.25, 0.3) is 0 Å². The first-order chi connectivity index (χ1) is 10.7. The van der Waals surface area contributed by atoms with E-state index < -0.39 is 58.4 Å². The van der Waals surface area contributed by atoms with Crippen LogP contribution in [0, 0.1) is 6.92 Å². The third kappa shape index (κ3) is 12.0. The molecule has 0 aliphatic rings. The van der Waals surface area contributed by atoms with E-state index in [2.05, 4.69) is 27.3 Å². The molecule has 0 amide bonds. The zero-order chi connectivity index (χ0) is 17.9. The molecule has 10 nitrogen and oxygen atoms in total. The van der Waals surface area contributed by atoms with Gasteiger partial charge >= 0.3 is 13.8 Å². The molecule has 0 rings (SSSR count). The number of hydrogen-bond acceptors (Lipinski definition) is 9. The van der Waals surface area contributed by atoms with Gasteiger partial charge in [-0.25, -0.2) is 4.57 Å². The van der Waals surface area contributed by atoms with Gasteiger partial charge in [-0.2, -0.15) is 6.42 Å². The molecule has 23 heavy (non-hydrogen) atoms. The highest BCUT2D eigenvalue weighted by molar-refractivity contribution is 7.47. The smallest absolute Gasteiger partial charge is 0.472 e. The first-order valence-corrected chi connectivity index (χ1v) is 8.08. The molecule has 136 valence electrons. The number of esters is 1. The van der Waals surface area contributed by atoms with Crippen LogP contribution in [0.3, 0.4) is 0 Å². The molecule has 11 heteroatoms. The largest absolute Gasteiger partial charge is 0.610 e. The van der Waals surface area contributed by atoms with Crippen LogP contribution < -0.4 is 5.11 Å². The lowest BCUT2D eigenvalue weighted by Crippen LogP contribution is -2.29. The normalized spacial score (nSPS) is 16.2. The quantitative estimate of drug-likeness (QED) is 0.159. The molecule has 3 N–H and O–H groups in total. The van der Waals surface area contributed by atoms with E-state index in [0.29, 0.717) is 0 Å². The number of aliphatic hydroxyl groups is 2. The fourth-order valence-electron chi connectivity index (χ4n) is 1.14. The Hall–Kier alpha value is -1.16. The van der Waals surface area contributed by atoms with E-state index >= 15 is 0 Å². The lowest BCUT2D eigenvalue weighted by Gasteiger charge is -2.24. The molecule has 0 aromatic rings. The Balaban J connectivity index is 4.46. The number of ether oxygens (including phenoxy) is 2. The Labute approximate surface area is 133 Å². The van der Waals surface area contributed by atoms with Gasteiger partial charge in [-0.3, -0.25) is 13.8 Å². The van der Waals surface area contributed by atoms with E-state index in [-0.39, 0.29) is 12.8 Å². The second-order valence-electron chi connectivity index (χ2n) is 4.29. The minimum Gasteiger partial charge on any atom is -0.610 e. The van der Waals surface area contributed by atoms with Crippen molar-refractivity contribution in [1.29, 1.82) is 0 Å². The van der Waals surface area contributed by atoms with E-state index in [1.165, 1.54) is 0 Å². The van der Waals surface area contributed by atoms with Crippen molar-refractivity contribution in [2.24, 2.45) is 0 Å². The van der Waals surface area contributed by atoms with E-state index in [4.69, 9.17) is 14.9 Å². The predicted octanol–water partition coefficient (Wildman–Crippen LogP) is -1.15. The van der Waals surface area contributed by atoms with Gasteiger partial charge in [0.1, 0.15) is 12.2 Å². The first kappa shape index (κ1) is 21.8. The standard InChI is InChI=1S/C12H22O10P/c1-3-4-12(16)22-11(7-19-9(2)14)8-21-23(17,18)20-6-10(15)5-13/h10-11,13-15H,1-8H2,(H,17,18)/q-1/p-1/t10-,11+/m0/s1. The van der Waals surface area contributed by atoms with Crippen LogP contribution in [0.15, 0.2) is 12.5 Å². The summed E-state index contributed by atoms with van der Waals surface area (Å²) in [5.41, 5.74) is 0. The molecule has 0 spiro atoms. The minimum absolute atomic E-state index is 0.00476. The number of aliphatic hydroxyl groups excluding tert-OH is 2. The van der Waals surface area contributed by atoms with Crippen LogP contribution in [0.4, 0.5) is 0 Å². The SMILES string of the molecule is C=C([O-])OC[C@H](COP(=O)(O)OC[C@@H](O)CO)OC(=O)CC[CH2-]. The average molecular weight is 356 g/mol. The molecule has 0 fully saturated rings. The maximum absolute atomic E-state index is 11.5. The summed E-state index contributed by atoms with van der Waals surface area (Å²) >= 11 is 0. The molecule has 0 radical (unpaired) electrons. The molecular weight excluding hydrogens is 335 g/mol. The fraction of sp³-hybridized carbons (Fsp3) is 0.667. The van der Waals surface area contributed by atoms with Crippen LogP contribution >= 0.6 is 7.82 Å². The minimum atomic E-state index is -4.55. The predicted molar refractivity (Wildman–Crippen MR) is 74.4 cm³/mol. The van der Waals surface area contributed by atoms with Crippen LogP contribution in [-0.2, 0) is 27.9 Å². The number of hydrogen-bond donors (Lipinski definition) is 3. The van der Waals surface area contributed by atoms with Crippen molar-refractivity contribution in [3.05, 3.63) is 19.4 Å². The number of phosphoric acid groups is 1. The zero-order valence-corrected chi connectivity index (χ0v) is 13.4. The van der Waals surface area contributed by atoms with Crippen LogP contribution in [-0.4, -0.2) is 59.7 Å². The highest BCUT2D eigenvalue weighted by atomic mass is 31.2. The number of rotatable bonds is 13. The summed E-state index contributed by atoms with van der Waals surface area (Å²) in [4.78, 5) is 20.7. The van der Waals surface area contributed by atoms with Crippen molar-refractivity contribution >= 4 is 13.8 Å². The highest BCUT2D eigenvalue weighted by Gasteiger charge is 2.25.